The van der Waals surface area contributed by atoms with Gasteiger partial charge >= 0.3 is 0 Å². The van der Waals surface area contributed by atoms with E-state index in [4.69, 9.17) is 10.5 Å². The summed E-state index contributed by atoms with van der Waals surface area (Å²) in [6.45, 7) is 7.07. The van der Waals surface area contributed by atoms with Crippen molar-refractivity contribution in [2.45, 2.75) is 39.3 Å². The maximum atomic E-state index is 6.01. The number of piperidine rings is 1. The number of ether oxygens (including phenoxy) is 1. The lowest BCUT2D eigenvalue weighted by Gasteiger charge is -2.30. The van der Waals surface area contributed by atoms with Crippen LogP contribution >= 0.6 is 24.8 Å². The number of pyridine rings is 1. The van der Waals surface area contributed by atoms with Gasteiger partial charge < -0.3 is 10.5 Å². The normalized spacial score (nSPS) is 18.9. The van der Waals surface area contributed by atoms with Gasteiger partial charge in [0.05, 0.1) is 12.8 Å². The van der Waals surface area contributed by atoms with Crippen LogP contribution in [0.5, 0.6) is 5.75 Å². The molecular formula is C14H25Cl2N3O. The number of halogens is 2. The Bertz CT molecular complexity index is 429. The molecule has 6 heteroatoms. The predicted octanol–water partition coefficient (Wildman–Crippen LogP) is 2.47. The van der Waals surface area contributed by atoms with E-state index in [9.17, 15) is 0 Å². The zero-order valence-electron chi connectivity index (χ0n) is 12.4. The van der Waals surface area contributed by atoms with Crippen LogP contribution in [0, 0.1) is 13.8 Å². The minimum Gasteiger partial charge on any atom is -0.496 e. The molecule has 1 atom stereocenters. The van der Waals surface area contributed by atoms with Crippen LogP contribution in [0.15, 0.2) is 6.20 Å². The zero-order valence-corrected chi connectivity index (χ0v) is 14.0. The van der Waals surface area contributed by atoms with Gasteiger partial charge in [-0.05, 0) is 33.2 Å². The molecule has 116 valence electrons. The Morgan fingerprint density at radius 1 is 1.40 bits per heavy atom. The van der Waals surface area contributed by atoms with Gasteiger partial charge in [-0.2, -0.15) is 0 Å². The van der Waals surface area contributed by atoms with Crippen molar-refractivity contribution in [3.8, 4) is 5.75 Å². The minimum absolute atomic E-state index is 0. The number of nitrogens with two attached hydrogens (primary N) is 1. The van der Waals surface area contributed by atoms with E-state index in [0.29, 0.717) is 6.04 Å². The molecule has 1 fully saturated rings. The average Bonchev–Trinajstić information content (AvgIpc) is 2.34. The van der Waals surface area contributed by atoms with Gasteiger partial charge in [-0.15, -0.1) is 24.8 Å². The van der Waals surface area contributed by atoms with Crippen LogP contribution in [0.25, 0.3) is 0 Å². The average molecular weight is 322 g/mol. The molecule has 2 N–H and O–H groups in total. The van der Waals surface area contributed by atoms with Gasteiger partial charge in [-0.25, -0.2) is 0 Å². The molecule has 1 aliphatic heterocycles. The highest BCUT2D eigenvalue weighted by Gasteiger charge is 2.19. The van der Waals surface area contributed by atoms with Crippen molar-refractivity contribution in [3.63, 3.8) is 0 Å². The monoisotopic (exact) mass is 321 g/mol. The fourth-order valence-electron chi connectivity index (χ4n) is 2.68. The Morgan fingerprint density at radius 2 is 2.10 bits per heavy atom. The molecule has 1 aromatic rings. The van der Waals surface area contributed by atoms with E-state index in [1.165, 1.54) is 6.42 Å². The zero-order chi connectivity index (χ0) is 13.1. The highest BCUT2D eigenvalue weighted by molar-refractivity contribution is 5.85. The molecule has 4 nitrogen and oxygen atoms in total. The number of hydrogen-bond donors (Lipinski definition) is 1. The molecule has 0 amide bonds. The lowest BCUT2D eigenvalue weighted by molar-refractivity contribution is 0.199. The molecule has 0 bridgehead atoms. The first-order valence-electron chi connectivity index (χ1n) is 6.58. The van der Waals surface area contributed by atoms with Crippen molar-refractivity contribution in [2.75, 3.05) is 20.2 Å². The first kappa shape index (κ1) is 19.4. The lowest BCUT2D eigenvalue weighted by Crippen LogP contribution is -2.42. The van der Waals surface area contributed by atoms with Crippen LogP contribution in [-0.2, 0) is 6.54 Å². The Morgan fingerprint density at radius 3 is 2.70 bits per heavy atom. The van der Waals surface area contributed by atoms with Gasteiger partial charge in [0, 0.05) is 36.5 Å². The fourth-order valence-corrected chi connectivity index (χ4v) is 2.68. The summed E-state index contributed by atoms with van der Waals surface area (Å²) in [5, 5.41) is 0. The second-order valence-corrected chi connectivity index (χ2v) is 5.18. The van der Waals surface area contributed by atoms with Crippen molar-refractivity contribution in [3.05, 3.63) is 23.0 Å². The summed E-state index contributed by atoms with van der Waals surface area (Å²) in [5.74, 6) is 0.960. The Balaban J connectivity index is 0.00000180. The van der Waals surface area contributed by atoms with Gasteiger partial charge in [-0.1, -0.05) is 0 Å². The topological polar surface area (TPSA) is 51.4 Å². The summed E-state index contributed by atoms with van der Waals surface area (Å²) in [7, 11) is 1.72. The van der Waals surface area contributed by atoms with Crippen LogP contribution in [-0.4, -0.2) is 36.1 Å². The van der Waals surface area contributed by atoms with Gasteiger partial charge in [0.2, 0.25) is 0 Å². The van der Waals surface area contributed by atoms with E-state index in [1.54, 1.807) is 7.11 Å². The van der Waals surface area contributed by atoms with E-state index in [2.05, 4.69) is 16.8 Å². The number of likely N-dealkylation sites (tertiary alicyclic amines) is 1. The molecule has 0 saturated carbocycles. The van der Waals surface area contributed by atoms with Crippen LogP contribution in [0.3, 0.4) is 0 Å². The highest BCUT2D eigenvalue weighted by atomic mass is 35.5. The van der Waals surface area contributed by atoms with Gasteiger partial charge in [-0.3, -0.25) is 9.88 Å². The van der Waals surface area contributed by atoms with Gasteiger partial charge in [0.15, 0.2) is 0 Å². The van der Waals surface area contributed by atoms with Crippen LogP contribution in [0.1, 0.15) is 29.7 Å². The lowest BCUT2D eigenvalue weighted by atomic mass is 10.1. The molecule has 20 heavy (non-hydrogen) atoms. The second-order valence-electron chi connectivity index (χ2n) is 5.18. The fraction of sp³-hybridized carbons (Fsp3) is 0.643. The molecule has 1 aromatic heterocycles. The first-order valence-corrected chi connectivity index (χ1v) is 6.58. The first-order chi connectivity index (χ1) is 8.61. The molecule has 0 spiro atoms. The van der Waals surface area contributed by atoms with E-state index in [-0.39, 0.29) is 24.8 Å². The summed E-state index contributed by atoms with van der Waals surface area (Å²) in [6.07, 6.45) is 4.22. The van der Waals surface area contributed by atoms with E-state index in [1.807, 2.05) is 13.1 Å². The quantitative estimate of drug-likeness (QED) is 0.929. The van der Waals surface area contributed by atoms with E-state index < -0.39 is 0 Å². The van der Waals surface area contributed by atoms with E-state index in [0.717, 1.165) is 48.6 Å². The molecule has 2 heterocycles. The Hall–Kier alpha value is -0.550. The molecule has 0 aromatic carbocycles. The molecule has 2 rings (SSSR count). The van der Waals surface area contributed by atoms with Crippen LogP contribution in [0.4, 0.5) is 0 Å². The third-order valence-electron chi connectivity index (χ3n) is 3.67. The minimum atomic E-state index is 0. The third-order valence-corrected chi connectivity index (χ3v) is 3.67. The number of methoxy groups -OCH3 is 1. The number of rotatable bonds is 3. The summed E-state index contributed by atoms with van der Waals surface area (Å²) in [6, 6.07) is 0.311. The van der Waals surface area contributed by atoms with Crippen molar-refractivity contribution in [1.29, 1.82) is 0 Å². The van der Waals surface area contributed by atoms with Crippen molar-refractivity contribution < 1.29 is 4.74 Å². The van der Waals surface area contributed by atoms with Crippen LogP contribution < -0.4 is 10.5 Å². The highest BCUT2D eigenvalue weighted by Crippen LogP contribution is 2.25. The second kappa shape index (κ2) is 8.67. The SMILES string of the molecule is COc1c(C)cnc(CN2CCC[C@@H](N)C2)c1C.Cl.Cl. The Labute approximate surface area is 133 Å². The van der Waals surface area contributed by atoms with Gasteiger partial charge in [0.1, 0.15) is 5.75 Å². The van der Waals surface area contributed by atoms with Crippen LogP contribution in [0.2, 0.25) is 0 Å². The predicted molar refractivity (Wildman–Crippen MR) is 87.2 cm³/mol. The third kappa shape index (κ3) is 4.48. The van der Waals surface area contributed by atoms with E-state index >= 15 is 0 Å². The smallest absolute Gasteiger partial charge is 0.128 e. The summed E-state index contributed by atoms with van der Waals surface area (Å²) >= 11 is 0. The number of hydrogen-bond acceptors (Lipinski definition) is 4. The Kier molecular flexibility index (Phi) is 8.44. The standard InChI is InChI=1S/C14H23N3O.2ClH/c1-10-7-16-13(11(2)14(10)18-3)9-17-6-4-5-12(15)8-17;;/h7,12H,4-6,8-9,15H2,1-3H3;2*1H/t12-;;/m1../s1. The molecule has 1 aliphatic rings. The molecular weight excluding hydrogens is 297 g/mol. The molecule has 0 aliphatic carbocycles. The largest absolute Gasteiger partial charge is 0.496 e. The van der Waals surface area contributed by atoms with Crippen molar-refractivity contribution in [2.24, 2.45) is 5.73 Å². The summed E-state index contributed by atoms with van der Waals surface area (Å²) in [5.41, 5.74) is 9.35. The summed E-state index contributed by atoms with van der Waals surface area (Å²) in [4.78, 5) is 6.93. The maximum absolute atomic E-state index is 6.01. The number of aryl methyl sites for hydroxylation is 1. The number of nitrogens with zero attached hydrogens (tertiary/aromatic N) is 2. The molecule has 0 radical (unpaired) electrons. The van der Waals surface area contributed by atoms with Gasteiger partial charge in [0.25, 0.3) is 0 Å². The molecule has 1 saturated heterocycles. The van der Waals surface area contributed by atoms with Crippen molar-refractivity contribution >= 4 is 24.8 Å². The summed E-state index contributed by atoms with van der Waals surface area (Å²) < 4.78 is 5.44. The molecule has 0 unspecified atom stereocenters. The van der Waals surface area contributed by atoms with Crippen molar-refractivity contribution in [1.82, 2.24) is 9.88 Å². The maximum Gasteiger partial charge on any atom is 0.128 e. The number of aromatic nitrogens is 1.